The van der Waals surface area contributed by atoms with Gasteiger partial charge in [0.2, 0.25) is 0 Å². The molecule has 7 nitrogen and oxygen atoms in total. The lowest BCUT2D eigenvalue weighted by atomic mass is 9.88. The highest BCUT2D eigenvalue weighted by Crippen LogP contribution is 2.18. The largest absolute Gasteiger partial charge is 0.332 e. The molecule has 23 heavy (non-hydrogen) atoms. The molecule has 0 saturated carbocycles. The topological polar surface area (TPSA) is 78.9 Å². The van der Waals surface area contributed by atoms with Crippen LogP contribution >= 0.6 is 0 Å². The van der Waals surface area contributed by atoms with Crippen LogP contribution in [-0.4, -0.2) is 24.5 Å². The summed E-state index contributed by atoms with van der Waals surface area (Å²) < 4.78 is 4.24. The zero-order chi connectivity index (χ0) is 17.4. The maximum Gasteiger partial charge on any atom is 0.332 e. The maximum atomic E-state index is 12.5. The molecule has 0 aliphatic carbocycles. The van der Waals surface area contributed by atoms with Crippen LogP contribution in [-0.2, 0) is 25.4 Å². The first-order valence-electron chi connectivity index (χ1n) is 7.78. The molecule has 0 saturated heterocycles. The molecule has 0 unspecified atom stereocenters. The van der Waals surface area contributed by atoms with Gasteiger partial charge in [-0.15, -0.1) is 0 Å². The van der Waals surface area contributed by atoms with Gasteiger partial charge >= 0.3 is 5.69 Å². The Balaban J connectivity index is 2.18. The third-order valence-electron chi connectivity index (χ3n) is 4.07. The van der Waals surface area contributed by atoms with E-state index in [0.717, 1.165) is 0 Å². The van der Waals surface area contributed by atoms with Crippen LogP contribution in [0.5, 0.6) is 0 Å². The quantitative estimate of drug-likeness (QED) is 0.776. The molecular formula is C16H24N4O3. The molecule has 2 aromatic heterocycles. The first kappa shape index (κ1) is 17.2. The fourth-order valence-electron chi connectivity index (χ4n) is 2.52. The number of rotatable bonds is 5. The Kier molecular flexibility index (Phi) is 4.58. The summed E-state index contributed by atoms with van der Waals surface area (Å²) in [6.07, 6.45) is 3.26. The second kappa shape index (κ2) is 6.14. The average molecular weight is 320 g/mol. The highest BCUT2D eigenvalue weighted by atomic mass is 16.2. The summed E-state index contributed by atoms with van der Waals surface area (Å²) >= 11 is 0. The van der Waals surface area contributed by atoms with Crippen molar-refractivity contribution in [1.29, 1.82) is 0 Å². The van der Waals surface area contributed by atoms with Gasteiger partial charge in [-0.05, 0) is 12.8 Å². The van der Waals surface area contributed by atoms with E-state index in [1.807, 2.05) is 20.8 Å². The number of nitrogens with zero attached hydrogens (tertiary/aromatic N) is 4. The minimum absolute atomic E-state index is 0.194. The smallest absolute Gasteiger partial charge is 0.328 e. The summed E-state index contributed by atoms with van der Waals surface area (Å²) in [5, 5.41) is 0. The summed E-state index contributed by atoms with van der Waals surface area (Å²) in [5.74, 6) is 0.194. The van der Waals surface area contributed by atoms with Crippen molar-refractivity contribution in [3.63, 3.8) is 0 Å². The number of Topliss-reactive ketones (excluding diaryl/α,β-unsaturated/α-hetero) is 1. The van der Waals surface area contributed by atoms with Crippen LogP contribution in [0.3, 0.4) is 0 Å². The molecule has 2 aromatic rings. The number of imidazole rings is 1. The zero-order valence-electron chi connectivity index (χ0n) is 14.4. The number of fused-ring (bicyclic) bond motifs is 1. The number of aromatic nitrogens is 4. The molecule has 0 aliphatic rings. The van der Waals surface area contributed by atoms with Crippen molar-refractivity contribution in [2.24, 2.45) is 19.5 Å². The van der Waals surface area contributed by atoms with Gasteiger partial charge in [-0.25, -0.2) is 9.78 Å². The highest BCUT2D eigenvalue weighted by molar-refractivity contribution is 5.83. The van der Waals surface area contributed by atoms with E-state index in [9.17, 15) is 14.4 Å². The van der Waals surface area contributed by atoms with Crippen molar-refractivity contribution < 1.29 is 4.79 Å². The summed E-state index contributed by atoms with van der Waals surface area (Å²) in [6.45, 7) is 5.99. The third-order valence-corrected chi connectivity index (χ3v) is 4.07. The van der Waals surface area contributed by atoms with Crippen molar-refractivity contribution in [3.05, 3.63) is 27.2 Å². The number of ketones is 1. The van der Waals surface area contributed by atoms with Gasteiger partial charge in [-0.1, -0.05) is 20.8 Å². The molecule has 0 spiro atoms. The Labute approximate surface area is 134 Å². The number of unbranched alkanes of at least 4 members (excludes halogenated alkanes) is 1. The zero-order valence-corrected chi connectivity index (χ0v) is 14.4. The third kappa shape index (κ3) is 3.28. The second-order valence-electron chi connectivity index (χ2n) is 6.96. The Bertz CT molecular complexity index is 849. The van der Waals surface area contributed by atoms with E-state index in [2.05, 4.69) is 4.98 Å². The van der Waals surface area contributed by atoms with Crippen molar-refractivity contribution in [2.75, 3.05) is 0 Å². The molecule has 7 heteroatoms. The molecule has 2 heterocycles. The van der Waals surface area contributed by atoms with E-state index in [1.165, 1.54) is 15.5 Å². The van der Waals surface area contributed by atoms with E-state index < -0.39 is 0 Å². The van der Waals surface area contributed by atoms with Crippen LogP contribution in [0.25, 0.3) is 11.2 Å². The van der Waals surface area contributed by atoms with Gasteiger partial charge in [-0.2, -0.15) is 0 Å². The van der Waals surface area contributed by atoms with Crippen LogP contribution in [0.1, 0.15) is 40.0 Å². The van der Waals surface area contributed by atoms with Crippen LogP contribution in [0.15, 0.2) is 15.9 Å². The normalized spacial score (nSPS) is 12.0. The molecule has 0 aromatic carbocycles. The summed E-state index contributed by atoms with van der Waals surface area (Å²) in [5.41, 5.74) is -0.242. The van der Waals surface area contributed by atoms with Gasteiger partial charge in [0.25, 0.3) is 5.56 Å². The minimum atomic E-state index is -0.372. The van der Waals surface area contributed by atoms with Gasteiger partial charge in [-0.3, -0.25) is 18.7 Å². The lowest BCUT2D eigenvalue weighted by Crippen LogP contribution is -2.39. The van der Waals surface area contributed by atoms with Crippen molar-refractivity contribution in [2.45, 2.75) is 46.6 Å². The number of aryl methyl sites for hydroxylation is 2. The first-order chi connectivity index (χ1) is 10.6. The van der Waals surface area contributed by atoms with E-state index in [-0.39, 0.29) is 22.4 Å². The van der Waals surface area contributed by atoms with Crippen molar-refractivity contribution in [3.8, 4) is 0 Å². The van der Waals surface area contributed by atoms with Gasteiger partial charge in [0, 0.05) is 32.5 Å². The van der Waals surface area contributed by atoms with Crippen LogP contribution in [0, 0.1) is 5.41 Å². The summed E-state index contributed by atoms with van der Waals surface area (Å²) in [7, 11) is 3.34. The Morgan fingerprint density at radius 1 is 1.17 bits per heavy atom. The van der Waals surface area contributed by atoms with Crippen LogP contribution < -0.4 is 11.2 Å². The molecule has 0 atom stereocenters. The molecule has 126 valence electrons. The standard InChI is InChI=1S/C16H24N4O3/c1-16(2,3)11(21)8-6-7-9-20-14(22)12-13(17-10-18(12)4)19(5)15(20)23/h10H,6-9H2,1-5H3. The van der Waals surface area contributed by atoms with E-state index in [0.29, 0.717) is 37.0 Å². The number of carbonyl (C=O) groups excluding carboxylic acids is 1. The molecule has 0 N–H and O–H groups in total. The molecule has 0 aliphatic heterocycles. The predicted octanol–water partition coefficient (Wildman–Crippen LogP) is 1.22. The lowest BCUT2D eigenvalue weighted by molar-refractivity contribution is -0.126. The lowest BCUT2D eigenvalue weighted by Gasteiger charge is -2.16. The number of hydrogen-bond donors (Lipinski definition) is 0. The number of carbonyl (C=O) groups is 1. The molecule has 0 amide bonds. The molecule has 0 fully saturated rings. The molecule has 0 radical (unpaired) electrons. The minimum Gasteiger partial charge on any atom is -0.328 e. The second-order valence-corrected chi connectivity index (χ2v) is 6.96. The first-order valence-corrected chi connectivity index (χ1v) is 7.78. The van der Waals surface area contributed by atoms with Crippen LogP contribution in [0.4, 0.5) is 0 Å². The Hall–Kier alpha value is -2.18. The average Bonchev–Trinajstić information content (AvgIpc) is 2.85. The summed E-state index contributed by atoms with van der Waals surface area (Å²) in [4.78, 5) is 40.8. The molecule has 0 bridgehead atoms. The Morgan fingerprint density at radius 2 is 1.83 bits per heavy atom. The fraction of sp³-hybridized carbons (Fsp3) is 0.625. The fourth-order valence-corrected chi connectivity index (χ4v) is 2.52. The molecule has 2 rings (SSSR count). The maximum absolute atomic E-state index is 12.5. The van der Waals surface area contributed by atoms with E-state index in [4.69, 9.17) is 0 Å². The van der Waals surface area contributed by atoms with E-state index >= 15 is 0 Å². The SMILES string of the molecule is Cn1cnc2c1c(=O)n(CCCCC(=O)C(C)(C)C)c(=O)n2C. The summed E-state index contributed by atoms with van der Waals surface area (Å²) in [6, 6.07) is 0. The predicted molar refractivity (Wildman–Crippen MR) is 88.5 cm³/mol. The van der Waals surface area contributed by atoms with Gasteiger partial charge < -0.3 is 4.57 Å². The Morgan fingerprint density at radius 3 is 2.43 bits per heavy atom. The van der Waals surface area contributed by atoms with Crippen LogP contribution in [0.2, 0.25) is 0 Å². The van der Waals surface area contributed by atoms with Gasteiger partial charge in [0.05, 0.1) is 6.33 Å². The highest BCUT2D eigenvalue weighted by Gasteiger charge is 2.20. The number of hydrogen-bond acceptors (Lipinski definition) is 4. The van der Waals surface area contributed by atoms with Gasteiger partial charge in [0.15, 0.2) is 11.2 Å². The van der Waals surface area contributed by atoms with Crippen molar-refractivity contribution >= 4 is 16.9 Å². The monoisotopic (exact) mass is 320 g/mol. The van der Waals surface area contributed by atoms with Crippen molar-refractivity contribution in [1.82, 2.24) is 18.7 Å². The van der Waals surface area contributed by atoms with Gasteiger partial charge in [0.1, 0.15) is 5.78 Å². The molecular weight excluding hydrogens is 296 g/mol. The van der Waals surface area contributed by atoms with E-state index in [1.54, 1.807) is 18.7 Å².